The number of nitrogens with one attached hydrogen (secondary N) is 1. The summed E-state index contributed by atoms with van der Waals surface area (Å²) in [5.74, 6) is 0.750. The molecule has 0 saturated carbocycles. The van der Waals surface area contributed by atoms with Crippen LogP contribution in [0.2, 0.25) is 0 Å². The van der Waals surface area contributed by atoms with Gasteiger partial charge in [0, 0.05) is 6.54 Å². The summed E-state index contributed by atoms with van der Waals surface area (Å²) >= 11 is 0. The van der Waals surface area contributed by atoms with Crippen molar-refractivity contribution in [3.63, 3.8) is 0 Å². The summed E-state index contributed by atoms with van der Waals surface area (Å²) in [7, 11) is -3.62. The first-order valence-corrected chi connectivity index (χ1v) is 7.57. The highest BCUT2D eigenvalue weighted by molar-refractivity contribution is 7.89. The fourth-order valence-corrected chi connectivity index (χ4v) is 2.21. The Balaban J connectivity index is 1.90. The van der Waals surface area contributed by atoms with E-state index >= 15 is 0 Å². The fraction of sp³-hybridized carbons (Fsp3) is 0.154. The molecule has 5 N–H and O–H groups in total. The van der Waals surface area contributed by atoms with Crippen LogP contribution in [-0.4, -0.2) is 19.9 Å². The Morgan fingerprint density at radius 1 is 1.10 bits per heavy atom. The molecule has 0 spiro atoms. The molecule has 2 aromatic rings. The van der Waals surface area contributed by atoms with Crippen molar-refractivity contribution in [2.45, 2.75) is 11.3 Å². The first kappa shape index (κ1) is 14.3. The number of sulfonamides is 1. The van der Waals surface area contributed by atoms with E-state index in [1.165, 1.54) is 12.1 Å². The van der Waals surface area contributed by atoms with E-state index in [-0.39, 0.29) is 4.90 Å². The summed E-state index contributed by atoms with van der Waals surface area (Å²) in [6.07, 6.45) is 2.33. The van der Waals surface area contributed by atoms with Crippen molar-refractivity contribution in [3.8, 4) is 0 Å². The maximum Gasteiger partial charge on any atom is 0.238 e. The summed E-state index contributed by atoms with van der Waals surface area (Å²) in [6.45, 7) is 0.686. The topological polar surface area (TPSA) is 111 Å². The van der Waals surface area contributed by atoms with E-state index in [0.29, 0.717) is 12.2 Å². The second kappa shape index (κ2) is 5.89. The standard InChI is InChI=1S/C13H16N4O2S/c14-11-3-6-13(17-9-11)16-8-7-10-1-4-12(5-2-10)20(15,18)19/h1-6,9H,7-8,14H2,(H,16,17)(H2,15,18,19). The molecular formula is C13H16N4O2S. The lowest BCUT2D eigenvalue weighted by atomic mass is 10.1. The molecule has 1 aromatic heterocycles. The van der Waals surface area contributed by atoms with Gasteiger partial charge in [-0.1, -0.05) is 12.1 Å². The zero-order chi connectivity index (χ0) is 14.6. The van der Waals surface area contributed by atoms with Crippen molar-refractivity contribution in [2.75, 3.05) is 17.6 Å². The second-order valence-corrected chi connectivity index (χ2v) is 5.90. The molecule has 106 valence electrons. The molecule has 0 saturated heterocycles. The van der Waals surface area contributed by atoms with Gasteiger partial charge in [0.05, 0.1) is 16.8 Å². The van der Waals surface area contributed by atoms with E-state index < -0.39 is 10.0 Å². The number of benzene rings is 1. The maximum absolute atomic E-state index is 11.1. The zero-order valence-corrected chi connectivity index (χ0v) is 11.6. The third-order valence-corrected chi connectivity index (χ3v) is 3.69. The van der Waals surface area contributed by atoms with Gasteiger partial charge in [-0.2, -0.15) is 0 Å². The number of primary sulfonamides is 1. The highest BCUT2D eigenvalue weighted by Gasteiger charge is 2.06. The molecule has 0 atom stereocenters. The van der Waals surface area contributed by atoms with E-state index in [1.54, 1.807) is 30.5 Å². The van der Waals surface area contributed by atoms with Gasteiger partial charge in [-0.05, 0) is 36.2 Å². The first-order valence-electron chi connectivity index (χ1n) is 6.02. The number of nitrogens with zero attached hydrogens (tertiary/aromatic N) is 1. The smallest absolute Gasteiger partial charge is 0.238 e. The third kappa shape index (κ3) is 3.94. The minimum Gasteiger partial charge on any atom is -0.397 e. The number of nitrogens with two attached hydrogens (primary N) is 2. The van der Waals surface area contributed by atoms with Crippen LogP contribution in [0.15, 0.2) is 47.5 Å². The van der Waals surface area contributed by atoms with Gasteiger partial charge in [0.25, 0.3) is 0 Å². The lowest BCUT2D eigenvalue weighted by molar-refractivity contribution is 0.598. The first-order chi connectivity index (χ1) is 9.45. The number of rotatable bonds is 5. The molecule has 0 amide bonds. The number of hydrogen-bond donors (Lipinski definition) is 3. The van der Waals surface area contributed by atoms with E-state index in [2.05, 4.69) is 10.3 Å². The van der Waals surface area contributed by atoms with Gasteiger partial charge in [0.1, 0.15) is 5.82 Å². The van der Waals surface area contributed by atoms with Gasteiger partial charge < -0.3 is 11.1 Å². The molecule has 1 heterocycles. The molecule has 0 aliphatic carbocycles. The van der Waals surface area contributed by atoms with Crippen molar-refractivity contribution in [1.29, 1.82) is 0 Å². The highest BCUT2D eigenvalue weighted by Crippen LogP contribution is 2.10. The van der Waals surface area contributed by atoms with Crippen LogP contribution >= 0.6 is 0 Å². The van der Waals surface area contributed by atoms with Gasteiger partial charge in [0.2, 0.25) is 10.0 Å². The lowest BCUT2D eigenvalue weighted by Crippen LogP contribution is -2.12. The molecule has 7 heteroatoms. The molecule has 1 aromatic carbocycles. The van der Waals surface area contributed by atoms with E-state index in [1.807, 2.05) is 0 Å². The molecule has 0 unspecified atom stereocenters. The Morgan fingerprint density at radius 3 is 2.35 bits per heavy atom. The summed E-state index contributed by atoms with van der Waals surface area (Å²) in [5.41, 5.74) is 7.18. The van der Waals surface area contributed by atoms with Crippen LogP contribution in [0.5, 0.6) is 0 Å². The lowest BCUT2D eigenvalue weighted by Gasteiger charge is -2.06. The third-order valence-electron chi connectivity index (χ3n) is 2.76. The van der Waals surface area contributed by atoms with Crippen molar-refractivity contribution in [3.05, 3.63) is 48.2 Å². The molecule has 0 fully saturated rings. The predicted octanol–water partition coefficient (Wildman–Crippen LogP) is 0.966. The van der Waals surface area contributed by atoms with Gasteiger partial charge in [-0.25, -0.2) is 18.5 Å². The summed E-state index contributed by atoms with van der Waals surface area (Å²) in [6, 6.07) is 10.1. The Kier molecular flexibility index (Phi) is 4.21. The number of nitrogen functional groups attached to an aromatic ring is 1. The van der Waals surface area contributed by atoms with E-state index in [9.17, 15) is 8.42 Å². The van der Waals surface area contributed by atoms with Gasteiger partial charge >= 0.3 is 0 Å². The van der Waals surface area contributed by atoms with Gasteiger partial charge in [-0.3, -0.25) is 0 Å². The maximum atomic E-state index is 11.1. The predicted molar refractivity (Wildman–Crippen MR) is 78.7 cm³/mol. The van der Waals surface area contributed by atoms with Crippen LogP contribution in [0.4, 0.5) is 11.5 Å². The van der Waals surface area contributed by atoms with Crippen LogP contribution in [0.1, 0.15) is 5.56 Å². The Hall–Kier alpha value is -2.12. The monoisotopic (exact) mass is 292 g/mol. The normalized spacial score (nSPS) is 11.2. The highest BCUT2D eigenvalue weighted by atomic mass is 32.2. The SMILES string of the molecule is Nc1ccc(NCCc2ccc(S(N)(=O)=O)cc2)nc1. The quantitative estimate of drug-likeness (QED) is 0.760. The number of anilines is 2. The van der Waals surface area contributed by atoms with E-state index in [0.717, 1.165) is 17.8 Å². The fourth-order valence-electron chi connectivity index (χ4n) is 1.69. The molecular weight excluding hydrogens is 276 g/mol. The number of pyridine rings is 1. The van der Waals surface area contributed by atoms with Crippen LogP contribution in [0.25, 0.3) is 0 Å². The van der Waals surface area contributed by atoms with Crippen molar-refractivity contribution >= 4 is 21.5 Å². The average molecular weight is 292 g/mol. The summed E-state index contributed by atoms with van der Waals surface area (Å²) in [4.78, 5) is 4.24. The molecule has 20 heavy (non-hydrogen) atoms. The number of aromatic nitrogens is 1. The van der Waals surface area contributed by atoms with Crippen LogP contribution in [-0.2, 0) is 16.4 Å². The zero-order valence-electron chi connectivity index (χ0n) is 10.8. The Morgan fingerprint density at radius 2 is 1.80 bits per heavy atom. The van der Waals surface area contributed by atoms with Crippen molar-refractivity contribution in [1.82, 2.24) is 4.98 Å². The molecule has 0 aliphatic heterocycles. The minimum absolute atomic E-state index is 0.120. The van der Waals surface area contributed by atoms with Gasteiger partial charge in [-0.15, -0.1) is 0 Å². The number of hydrogen-bond acceptors (Lipinski definition) is 5. The van der Waals surface area contributed by atoms with Crippen molar-refractivity contribution in [2.24, 2.45) is 5.14 Å². The minimum atomic E-state index is -3.62. The largest absolute Gasteiger partial charge is 0.397 e. The average Bonchev–Trinajstić information content (AvgIpc) is 2.41. The molecule has 2 rings (SSSR count). The second-order valence-electron chi connectivity index (χ2n) is 4.34. The van der Waals surface area contributed by atoms with Crippen LogP contribution in [0, 0.1) is 0 Å². The molecule has 0 aliphatic rings. The van der Waals surface area contributed by atoms with E-state index in [4.69, 9.17) is 10.9 Å². The Bertz CT molecular complexity index is 667. The molecule has 0 bridgehead atoms. The molecule has 6 nitrogen and oxygen atoms in total. The summed E-state index contributed by atoms with van der Waals surface area (Å²) < 4.78 is 22.2. The molecule has 0 radical (unpaired) electrons. The van der Waals surface area contributed by atoms with Crippen LogP contribution < -0.4 is 16.2 Å². The van der Waals surface area contributed by atoms with Crippen molar-refractivity contribution < 1.29 is 8.42 Å². The van der Waals surface area contributed by atoms with Gasteiger partial charge in [0.15, 0.2) is 0 Å². The Labute approximate surface area is 117 Å². The van der Waals surface area contributed by atoms with Crippen LogP contribution in [0.3, 0.4) is 0 Å². The summed E-state index contributed by atoms with van der Waals surface area (Å²) in [5, 5.41) is 8.19.